The van der Waals surface area contributed by atoms with E-state index in [2.05, 4.69) is 5.32 Å². The van der Waals surface area contributed by atoms with E-state index in [0.717, 1.165) is 10.1 Å². The summed E-state index contributed by atoms with van der Waals surface area (Å²) in [6.45, 7) is 1.98. The molecule has 0 saturated heterocycles. The number of anilines is 1. The zero-order valence-electron chi connectivity index (χ0n) is 11.3. The van der Waals surface area contributed by atoms with Gasteiger partial charge in [0.05, 0.1) is 0 Å². The normalized spacial score (nSPS) is 12.2. The second kappa shape index (κ2) is 5.14. The number of hydrogen-bond donors (Lipinski definition) is 1. The van der Waals surface area contributed by atoms with E-state index >= 15 is 0 Å². The second-order valence-corrected chi connectivity index (χ2v) is 4.55. The summed E-state index contributed by atoms with van der Waals surface area (Å²) in [6, 6.07) is 11.3. The standard InChI is InChI=1S/C14H17N3O2/c1-10(11-7-5-4-6-8-11)15-12-9-13(18)17(3)14(19)16(12)2/h4-10,15H,1-3H3/t10-/m0/s1. The van der Waals surface area contributed by atoms with Crippen LogP contribution < -0.4 is 16.6 Å². The lowest BCUT2D eigenvalue weighted by Crippen LogP contribution is -2.37. The average Bonchev–Trinajstić information content (AvgIpc) is 2.43. The summed E-state index contributed by atoms with van der Waals surface area (Å²) in [7, 11) is 3.11. The highest BCUT2D eigenvalue weighted by molar-refractivity contribution is 5.38. The van der Waals surface area contributed by atoms with E-state index in [1.165, 1.54) is 17.7 Å². The van der Waals surface area contributed by atoms with E-state index in [0.29, 0.717) is 5.82 Å². The Morgan fingerprint density at radius 2 is 1.68 bits per heavy atom. The van der Waals surface area contributed by atoms with Gasteiger partial charge in [-0.25, -0.2) is 4.79 Å². The fourth-order valence-electron chi connectivity index (χ4n) is 1.92. The molecule has 2 aromatic rings. The Morgan fingerprint density at radius 3 is 2.32 bits per heavy atom. The molecule has 0 fully saturated rings. The predicted molar refractivity (Wildman–Crippen MR) is 75.4 cm³/mol. The van der Waals surface area contributed by atoms with Gasteiger partial charge in [0.2, 0.25) is 0 Å². The lowest BCUT2D eigenvalue weighted by Gasteiger charge is -2.18. The highest BCUT2D eigenvalue weighted by atomic mass is 16.2. The fraction of sp³-hybridized carbons (Fsp3) is 0.286. The van der Waals surface area contributed by atoms with Gasteiger partial charge in [0, 0.05) is 26.2 Å². The summed E-state index contributed by atoms with van der Waals surface area (Å²) in [5.74, 6) is 0.518. The van der Waals surface area contributed by atoms with Crippen LogP contribution >= 0.6 is 0 Å². The van der Waals surface area contributed by atoms with E-state index in [4.69, 9.17) is 0 Å². The number of nitrogens with zero attached hydrogens (tertiary/aromatic N) is 2. The van der Waals surface area contributed by atoms with Gasteiger partial charge < -0.3 is 5.32 Å². The third-order valence-corrected chi connectivity index (χ3v) is 3.19. The zero-order valence-corrected chi connectivity index (χ0v) is 11.3. The minimum absolute atomic E-state index is 0.0129. The lowest BCUT2D eigenvalue weighted by molar-refractivity contribution is 0.682. The largest absolute Gasteiger partial charge is 0.365 e. The lowest BCUT2D eigenvalue weighted by atomic mass is 10.1. The molecule has 19 heavy (non-hydrogen) atoms. The van der Waals surface area contributed by atoms with Crippen LogP contribution in [0, 0.1) is 0 Å². The van der Waals surface area contributed by atoms with Crippen LogP contribution in [0.1, 0.15) is 18.5 Å². The molecule has 1 aromatic carbocycles. The Hall–Kier alpha value is -2.30. The van der Waals surface area contributed by atoms with Gasteiger partial charge in [-0.15, -0.1) is 0 Å². The Bertz CT molecular complexity index is 686. The van der Waals surface area contributed by atoms with Crippen molar-refractivity contribution < 1.29 is 0 Å². The van der Waals surface area contributed by atoms with Gasteiger partial charge in [-0.1, -0.05) is 30.3 Å². The van der Waals surface area contributed by atoms with Gasteiger partial charge in [0.15, 0.2) is 0 Å². The van der Waals surface area contributed by atoms with Crippen molar-refractivity contribution in [3.05, 3.63) is 62.8 Å². The molecular formula is C14H17N3O2. The first-order chi connectivity index (χ1) is 9.00. The molecule has 0 saturated carbocycles. The van der Waals surface area contributed by atoms with Crippen LogP contribution in [0.25, 0.3) is 0 Å². The smallest absolute Gasteiger partial charge is 0.332 e. The summed E-state index contributed by atoms with van der Waals surface area (Å²) in [6.07, 6.45) is 0. The van der Waals surface area contributed by atoms with Crippen LogP contribution in [0.5, 0.6) is 0 Å². The zero-order chi connectivity index (χ0) is 14.0. The van der Waals surface area contributed by atoms with E-state index in [-0.39, 0.29) is 17.3 Å². The van der Waals surface area contributed by atoms with Gasteiger partial charge >= 0.3 is 5.69 Å². The topological polar surface area (TPSA) is 56.0 Å². The molecule has 0 radical (unpaired) electrons. The Kier molecular flexibility index (Phi) is 3.55. The van der Waals surface area contributed by atoms with Crippen molar-refractivity contribution in [1.29, 1.82) is 0 Å². The quantitative estimate of drug-likeness (QED) is 0.902. The van der Waals surface area contributed by atoms with E-state index in [9.17, 15) is 9.59 Å². The molecule has 1 N–H and O–H groups in total. The first kappa shape index (κ1) is 13.1. The van der Waals surface area contributed by atoms with Gasteiger partial charge in [0.25, 0.3) is 5.56 Å². The maximum atomic E-state index is 11.8. The summed E-state index contributed by atoms with van der Waals surface area (Å²) in [5, 5.41) is 3.18. The first-order valence-electron chi connectivity index (χ1n) is 6.09. The summed E-state index contributed by atoms with van der Waals surface area (Å²) in [5.41, 5.74) is 0.441. The minimum atomic E-state index is -0.338. The Balaban J connectivity index is 2.35. The van der Waals surface area contributed by atoms with Gasteiger partial charge in [-0.2, -0.15) is 0 Å². The monoisotopic (exact) mass is 259 g/mol. The molecule has 1 atom stereocenters. The molecule has 0 aliphatic heterocycles. The first-order valence-corrected chi connectivity index (χ1v) is 6.09. The van der Waals surface area contributed by atoms with Crippen molar-refractivity contribution >= 4 is 5.82 Å². The maximum absolute atomic E-state index is 11.8. The number of hydrogen-bond acceptors (Lipinski definition) is 3. The SMILES string of the molecule is C[C@H](Nc1cc(=O)n(C)c(=O)n1C)c1ccccc1. The third-order valence-electron chi connectivity index (χ3n) is 3.19. The van der Waals surface area contributed by atoms with E-state index in [1.54, 1.807) is 7.05 Å². The van der Waals surface area contributed by atoms with Crippen molar-refractivity contribution in [3.63, 3.8) is 0 Å². The summed E-state index contributed by atoms with van der Waals surface area (Å²) in [4.78, 5) is 23.5. The van der Waals surface area contributed by atoms with Crippen molar-refractivity contribution in [2.75, 3.05) is 5.32 Å². The molecule has 100 valence electrons. The fourth-order valence-corrected chi connectivity index (χ4v) is 1.92. The minimum Gasteiger partial charge on any atom is -0.365 e. The molecule has 5 nitrogen and oxygen atoms in total. The molecule has 1 aromatic heterocycles. The highest BCUT2D eigenvalue weighted by Crippen LogP contribution is 2.16. The molecule has 2 rings (SSSR count). The van der Waals surface area contributed by atoms with Crippen molar-refractivity contribution in [1.82, 2.24) is 9.13 Å². The molecular weight excluding hydrogens is 242 g/mol. The van der Waals surface area contributed by atoms with Crippen molar-refractivity contribution in [2.45, 2.75) is 13.0 Å². The third kappa shape index (κ3) is 2.59. The van der Waals surface area contributed by atoms with Crippen LogP contribution in [0.4, 0.5) is 5.82 Å². The molecule has 5 heteroatoms. The molecule has 0 unspecified atom stereocenters. The number of nitrogens with one attached hydrogen (secondary N) is 1. The van der Waals surface area contributed by atoms with Crippen molar-refractivity contribution in [2.24, 2.45) is 14.1 Å². The number of benzene rings is 1. The predicted octanol–water partition coefficient (Wildman–Crippen LogP) is 1.26. The van der Waals surface area contributed by atoms with Crippen molar-refractivity contribution in [3.8, 4) is 0 Å². The maximum Gasteiger partial charge on any atom is 0.332 e. The Morgan fingerprint density at radius 1 is 1.05 bits per heavy atom. The molecule has 0 spiro atoms. The van der Waals surface area contributed by atoms with E-state index < -0.39 is 0 Å². The molecule has 0 aliphatic rings. The highest BCUT2D eigenvalue weighted by Gasteiger charge is 2.09. The van der Waals surface area contributed by atoms with Crippen LogP contribution in [0.2, 0.25) is 0 Å². The second-order valence-electron chi connectivity index (χ2n) is 4.55. The van der Waals surface area contributed by atoms with Crippen LogP contribution in [-0.2, 0) is 14.1 Å². The molecule has 1 heterocycles. The van der Waals surface area contributed by atoms with Crippen LogP contribution in [-0.4, -0.2) is 9.13 Å². The van der Waals surface area contributed by atoms with Crippen LogP contribution in [0.3, 0.4) is 0 Å². The molecule has 0 amide bonds. The number of rotatable bonds is 3. The molecule has 0 aliphatic carbocycles. The van der Waals surface area contributed by atoms with Gasteiger partial charge in [-0.05, 0) is 12.5 Å². The van der Waals surface area contributed by atoms with Gasteiger partial charge in [0.1, 0.15) is 5.82 Å². The van der Waals surface area contributed by atoms with E-state index in [1.807, 2.05) is 37.3 Å². The molecule has 0 bridgehead atoms. The number of aromatic nitrogens is 2. The average molecular weight is 259 g/mol. The van der Waals surface area contributed by atoms with Gasteiger partial charge in [-0.3, -0.25) is 13.9 Å². The summed E-state index contributed by atoms with van der Waals surface area (Å²) < 4.78 is 2.51. The Labute approximate surface area is 111 Å². The summed E-state index contributed by atoms with van der Waals surface area (Å²) >= 11 is 0. The van der Waals surface area contributed by atoms with Crippen LogP contribution in [0.15, 0.2) is 46.0 Å².